The molecule has 13 heavy (non-hydrogen) atoms. The van der Waals surface area contributed by atoms with Crippen LogP contribution in [0.3, 0.4) is 0 Å². The lowest BCUT2D eigenvalue weighted by Crippen LogP contribution is -2.14. The lowest BCUT2D eigenvalue weighted by Gasteiger charge is -2.01. The third-order valence-corrected chi connectivity index (χ3v) is 2.41. The van der Waals surface area contributed by atoms with E-state index in [0.717, 1.165) is 16.6 Å². The van der Waals surface area contributed by atoms with E-state index in [4.69, 9.17) is 5.11 Å². The highest BCUT2D eigenvalue weighted by molar-refractivity contribution is 7.89. The molecule has 0 fully saturated rings. The summed E-state index contributed by atoms with van der Waals surface area (Å²) in [4.78, 5) is 13.9. The summed E-state index contributed by atoms with van der Waals surface area (Å²) in [6.45, 7) is 0. The Bertz CT molecular complexity index is 420. The van der Waals surface area contributed by atoms with E-state index < -0.39 is 16.0 Å². The number of hydrogen-bond acceptors (Lipinski definition) is 4. The van der Waals surface area contributed by atoms with Crippen LogP contribution in [-0.2, 0) is 21.2 Å². The third kappa shape index (κ3) is 2.28. The minimum atomic E-state index is -3.44. The Hall–Kier alpha value is -1.37. The molecule has 0 saturated heterocycles. The summed E-state index contributed by atoms with van der Waals surface area (Å²) in [5.74, 6) is -1.09. The van der Waals surface area contributed by atoms with Gasteiger partial charge in [0, 0.05) is 6.20 Å². The Balaban J connectivity index is 3.11. The van der Waals surface area contributed by atoms with Crippen molar-refractivity contribution in [2.45, 2.75) is 6.42 Å². The first-order valence-electron chi connectivity index (χ1n) is 3.35. The molecule has 1 aromatic rings. The Morgan fingerprint density at radius 2 is 2.31 bits per heavy atom. The molecule has 0 unspecified atom stereocenters. The summed E-state index contributed by atoms with van der Waals surface area (Å²) in [6.07, 6.45) is 2.93. The highest BCUT2D eigenvalue weighted by atomic mass is 32.2. The van der Waals surface area contributed by atoms with Crippen LogP contribution in [0.1, 0.15) is 5.69 Å². The third-order valence-electron chi connectivity index (χ3n) is 1.37. The van der Waals surface area contributed by atoms with E-state index in [-0.39, 0.29) is 12.1 Å². The van der Waals surface area contributed by atoms with Crippen molar-refractivity contribution >= 4 is 16.0 Å². The standard InChI is InChI=1S/C6H8N2O4S/c1-13(11,12)8-4-7-3-5(8)2-6(9)10/h3-4H,2H2,1H3,(H,9,10). The molecule has 0 aromatic carbocycles. The fourth-order valence-corrected chi connectivity index (χ4v) is 1.65. The second-order valence-corrected chi connectivity index (χ2v) is 4.37. The maximum Gasteiger partial charge on any atom is 0.309 e. The lowest BCUT2D eigenvalue weighted by molar-refractivity contribution is -0.136. The Kier molecular flexibility index (Phi) is 2.37. The van der Waals surface area contributed by atoms with Gasteiger partial charge in [0.15, 0.2) is 0 Å². The number of carbonyl (C=O) groups is 1. The quantitative estimate of drug-likeness (QED) is 0.704. The molecular formula is C6H8N2O4S. The van der Waals surface area contributed by atoms with Crippen molar-refractivity contribution in [2.24, 2.45) is 0 Å². The van der Waals surface area contributed by atoms with E-state index in [1.54, 1.807) is 0 Å². The first-order chi connectivity index (χ1) is 5.91. The highest BCUT2D eigenvalue weighted by Gasteiger charge is 2.13. The highest BCUT2D eigenvalue weighted by Crippen LogP contribution is 2.03. The van der Waals surface area contributed by atoms with Crippen LogP contribution in [-0.4, -0.2) is 34.7 Å². The van der Waals surface area contributed by atoms with Gasteiger partial charge in [0.25, 0.3) is 0 Å². The molecule has 0 amide bonds. The van der Waals surface area contributed by atoms with Gasteiger partial charge in [0.05, 0.1) is 18.4 Å². The van der Waals surface area contributed by atoms with Crippen LogP contribution in [0.2, 0.25) is 0 Å². The number of hydrogen-bond donors (Lipinski definition) is 1. The van der Waals surface area contributed by atoms with Gasteiger partial charge in [-0.3, -0.25) is 4.79 Å². The van der Waals surface area contributed by atoms with E-state index in [1.807, 2.05) is 0 Å². The van der Waals surface area contributed by atoms with Gasteiger partial charge in [-0.2, -0.15) is 0 Å². The summed E-state index contributed by atoms with van der Waals surface area (Å²) < 4.78 is 22.9. The van der Waals surface area contributed by atoms with Crippen molar-refractivity contribution in [2.75, 3.05) is 6.26 Å². The first kappa shape index (κ1) is 9.72. The zero-order valence-electron chi connectivity index (χ0n) is 6.84. The number of aromatic nitrogens is 2. The zero-order valence-corrected chi connectivity index (χ0v) is 7.65. The number of carboxylic acid groups (broad SMARTS) is 1. The van der Waals surface area contributed by atoms with Crippen molar-refractivity contribution in [1.29, 1.82) is 0 Å². The summed E-state index contributed by atoms with van der Waals surface area (Å²) in [5, 5.41) is 8.44. The molecule has 6 nitrogen and oxygen atoms in total. The van der Waals surface area contributed by atoms with Gasteiger partial charge in [-0.15, -0.1) is 0 Å². The Labute approximate surface area is 74.9 Å². The molecule has 72 valence electrons. The molecule has 1 aromatic heterocycles. The molecule has 0 aliphatic carbocycles. The summed E-state index contributed by atoms with van der Waals surface area (Å²) in [5.41, 5.74) is 0.148. The van der Waals surface area contributed by atoms with Crippen LogP contribution in [0.15, 0.2) is 12.5 Å². The van der Waals surface area contributed by atoms with Gasteiger partial charge in [-0.05, 0) is 0 Å². The smallest absolute Gasteiger partial charge is 0.309 e. The van der Waals surface area contributed by atoms with Crippen molar-refractivity contribution in [3.63, 3.8) is 0 Å². The van der Waals surface area contributed by atoms with Gasteiger partial charge >= 0.3 is 5.97 Å². The molecule has 7 heteroatoms. The van der Waals surface area contributed by atoms with Gasteiger partial charge < -0.3 is 5.11 Å². The fourth-order valence-electron chi connectivity index (χ4n) is 0.888. The number of carboxylic acids is 1. The Morgan fingerprint density at radius 3 is 2.77 bits per heavy atom. The van der Waals surface area contributed by atoms with Gasteiger partial charge in [0.2, 0.25) is 10.0 Å². The van der Waals surface area contributed by atoms with Crippen LogP contribution in [0.25, 0.3) is 0 Å². The summed E-state index contributed by atoms with van der Waals surface area (Å²) in [7, 11) is -3.44. The normalized spacial score (nSPS) is 11.5. The average Bonchev–Trinajstić information content (AvgIpc) is 2.31. The second kappa shape index (κ2) is 3.17. The van der Waals surface area contributed by atoms with E-state index >= 15 is 0 Å². The van der Waals surface area contributed by atoms with Crippen LogP contribution < -0.4 is 0 Å². The van der Waals surface area contributed by atoms with Crippen LogP contribution in [0, 0.1) is 0 Å². The first-order valence-corrected chi connectivity index (χ1v) is 5.19. The average molecular weight is 204 g/mol. The molecule has 1 N–H and O–H groups in total. The van der Waals surface area contributed by atoms with E-state index in [9.17, 15) is 13.2 Å². The molecule has 1 rings (SSSR count). The number of imidazole rings is 1. The molecule has 0 bridgehead atoms. The SMILES string of the molecule is CS(=O)(=O)n1cncc1CC(=O)O. The van der Waals surface area contributed by atoms with Crippen molar-refractivity contribution in [3.05, 3.63) is 18.2 Å². The lowest BCUT2D eigenvalue weighted by atomic mass is 10.3. The zero-order chi connectivity index (χ0) is 10.1. The monoisotopic (exact) mass is 204 g/mol. The maximum absolute atomic E-state index is 11.0. The van der Waals surface area contributed by atoms with Crippen molar-refractivity contribution in [1.82, 2.24) is 8.96 Å². The summed E-state index contributed by atoms with van der Waals surface area (Å²) >= 11 is 0. The maximum atomic E-state index is 11.0. The minimum Gasteiger partial charge on any atom is -0.481 e. The van der Waals surface area contributed by atoms with Crippen LogP contribution >= 0.6 is 0 Å². The topological polar surface area (TPSA) is 89.3 Å². The van der Waals surface area contributed by atoms with Crippen LogP contribution in [0.4, 0.5) is 0 Å². The molecule has 0 saturated carbocycles. The fraction of sp³-hybridized carbons (Fsp3) is 0.333. The second-order valence-electron chi connectivity index (χ2n) is 2.51. The minimum absolute atomic E-state index is 0.148. The molecule has 0 aliphatic heterocycles. The predicted octanol–water partition coefficient (Wildman–Crippen LogP) is -0.682. The van der Waals surface area contributed by atoms with Gasteiger partial charge in [0.1, 0.15) is 6.33 Å². The van der Waals surface area contributed by atoms with Gasteiger partial charge in [-0.1, -0.05) is 0 Å². The van der Waals surface area contributed by atoms with Crippen LogP contribution in [0.5, 0.6) is 0 Å². The molecule has 0 spiro atoms. The van der Waals surface area contributed by atoms with E-state index in [2.05, 4.69) is 4.98 Å². The van der Waals surface area contributed by atoms with Crippen molar-refractivity contribution < 1.29 is 18.3 Å². The molecular weight excluding hydrogens is 196 g/mol. The Morgan fingerprint density at radius 1 is 1.69 bits per heavy atom. The number of nitrogens with zero attached hydrogens (tertiary/aromatic N) is 2. The number of rotatable bonds is 3. The number of aliphatic carboxylic acids is 1. The largest absolute Gasteiger partial charge is 0.481 e. The predicted molar refractivity (Wildman–Crippen MR) is 43.8 cm³/mol. The summed E-state index contributed by atoms with van der Waals surface area (Å²) in [6, 6.07) is 0. The molecule has 1 heterocycles. The molecule has 0 atom stereocenters. The van der Waals surface area contributed by atoms with E-state index in [1.165, 1.54) is 6.20 Å². The van der Waals surface area contributed by atoms with E-state index in [0.29, 0.717) is 0 Å². The molecule has 0 aliphatic rings. The van der Waals surface area contributed by atoms with Crippen molar-refractivity contribution in [3.8, 4) is 0 Å². The van der Waals surface area contributed by atoms with Gasteiger partial charge in [-0.25, -0.2) is 17.4 Å². The molecule has 0 radical (unpaired) electrons.